The van der Waals surface area contributed by atoms with Crippen molar-refractivity contribution in [2.24, 2.45) is 5.84 Å². The average molecular weight is 313 g/mol. The van der Waals surface area contributed by atoms with Gasteiger partial charge in [0.05, 0.1) is 13.2 Å². The van der Waals surface area contributed by atoms with Crippen molar-refractivity contribution >= 4 is 11.6 Å². The fourth-order valence-electron chi connectivity index (χ4n) is 2.20. The number of hydrogen-bond donors (Lipinski definition) is 2. The molecule has 1 atom stereocenters. The van der Waals surface area contributed by atoms with Crippen LogP contribution in [0.2, 0.25) is 5.02 Å². The van der Waals surface area contributed by atoms with Crippen LogP contribution in [0, 0.1) is 11.6 Å². The number of benzene rings is 2. The van der Waals surface area contributed by atoms with Gasteiger partial charge in [0.15, 0.2) is 0 Å². The van der Waals surface area contributed by atoms with Gasteiger partial charge >= 0.3 is 0 Å². The largest absolute Gasteiger partial charge is 0.496 e. The summed E-state index contributed by atoms with van der Waals surface area (Å²) in [6.45, 7) is 0. The predicted molar refractivity (Wildman–Crippen MR) is 78.1 cm³/mol. The fraction of sp³-hybridized carbons (Fsp3) is 0.200. The van der Waals surface area contributed by atoms with Crippen LogP contribution in [0.25, 0.3) is 0 Å². The number of halogens is 3. The minimum absolute atomic E-state index is 0.227. The van der Waals surface area contributed by atoms with Crippen molar-refractivity contribution in [3.05, 3.63) is 64.2 Å². The molecule has 0 aliphatic heterocycles. The van der Waals surface area contributed by atoms with Gasteiger partial charge in [-0.3, -0.25) is 11.3 Å². The van der Waals surface area contributed by atoms with Gasteiger partial charge in [-0.25, -0.2) is 8.78 Å². The number of hydrogen-bond acceptors (Lipinski definition) is 3. The second-order valence-electron chi connectivity index (χ2n) is 4.51. The summed E-state index contributed by atoms with van der Waals surface area (Å²) in [5.41, 5.74) is 3.34. The van der Waals surface area contributed by atoms with Crippen LogP contribution in [0.15, 0.2) is 36.4 Å². The van der Waals surface area contributed by atoms with Gasteiger partial charge in [0.25, 0.3) is 0 Å². The summed E-state index contributed by atoms with van der Waals surface area (Å²) in [7, 11) is 1.45. The molecule has 2 rings (SSSR count). The lowest BCUT2D eigenvalue weighted by molar-refractivity contribution is 0.390. The highest BCUT2D eigenvalue weighted by Crippen LogP contribution is 2.31. The van der Waals surface area contributed by atoms with E-state index >= 15 is 0 Å². The number of hydrazine groups is 1. The van der Waals surface area contributed by atoms with Crippen molar-refractivity contribution in [2.75, 3.05) is 7.11 Å². The average Bonchev–Trinajstić information content (AvgIpc) is 2.48. The topological polar surface area (TPSA) is 47.3 Å². The van der Waals surface area contributed by atoms with Crippen LogP contribution in [0.4, 0.5) is 8.78 Å². The molecule has 3 nitrogen and oxygen atoms in total. The Morgan fingerprint density at radius 2 is 2.05 bits per heavy atom. The summed E-state index contributed by atoms with van der Waals surface area (Å²) < 4.78 is 32.6. The van der Waals surface area contributed by atoms with E-state index in [0.29, 0.717) is 16.3 Å². The molecule has 0 spiro atoms. The maximum Gasteiger partial charge on any atom is 0.131 e. The minimum Gasteiger partial charge on any atom is -0.496 e. The van der Waals surface area contributed by atoms with Gasteiger partial charge in [-0.05, 0) is 42.3 Å². The molecule has 0 amide bonds. The Balaban J connectivity index is 2.39. The molecule has 21 heavy (non-hydrogen) atoms. The highest BCUT2D eigenvalue weighted by molar-refractivity contribution is 6.31. The highest BCUT2D eigenvalue weighted by Gasteiger charge is 2.21. The molecule has 0 aromatic heterocycles. The van der Waals surface area contributed by atoms with E-state index in [0.717, 1.165) is 0 Å². The Kier molecular flexibility index (Phi) is 5.12. The predicted octanol–water partition coefficient (Wildman–Crippen LogP) is 3.37. The minimum atomic E-state index is -0.597. The molecular formula is C15H15ClF2N2O. The first kappa shape index (κ1) is 15.7. The van der Waals surface area contributed by atoms with Crippen LogP contribution in [0.1, 0.15) is 17.2 Å². The lowest BCUT2D eigenvalue weighted by Gasteiger charge is -2.20. The zero-order chi connectivity index (χ0) is 15.4. The van der Waals surface area contributed by atoms with Crippen molar-refractivity contribution < 1.29 is 13.5 Å². The first-order chi connectivity index (χ1) is 10.1. The second kappa shape index (κ2) is 6.85. The lowest BCUT2D eigenvalue weighted by Crippen LogP contribution is -2.30. The Hall–Kier alpha value is -1.69. The van der Waals surface area contributed by atoms with Crippen molar-refractivity contribution in [2.45, 2.75) is 12.5 Å². The maximum absolute atomic E-state index is 14.1. The summed E-state index contributed by atoms with van der Waals surface area (Å²) >= 11 is 6.04. The Morgan fingerprint density at radius 3 is 2.71 bits per heavy atom. The molecule has 0 aliphatic carbocycles. The zero-order valence-corrected chi connectivity index (χ0v) is 12.1. The normalized spacial score (nSPS) is 12.2. The Bertz CT molecular complexity index is 637. The van der Waals surface area contributed by atoms with Crippen LogP contribution < -0.4 is 16.0 Å². The number of methoxy groups -OCH3 is 1. The molecular weight excluding hydrogens is 298 g/mol. The van der Waals surface area contributed by atoms with E-state index in [4.69, 9.17) is 22.2 Å². The molecule has 0 bridgehead atoms. The summed E-state index contributed by atoms with van der Waals surface area (Å²) in [5, 5.41) is 0.395. The third-order valence-electron chi connectivity index (χ3n) is 3.21. The first-order valence-corrected chi connectivity index (χ1v) is 6.67. The molecule has 6 heteroatoms. The summed E-state index contributed by atoms with van der Waals surface area (Å²) in [6.07, 6.45) is 0.227. The Morgan fingerprint density at radius 1 is 1.29 bits per heavy atom. The van der Waals surface area contributed by atoms with Crippen LogP contribution in [0.3, 0.4) is 0 Å². The van der Waals surface area contributed by atoms with E-state index in [-0.39, 0.29) is 12.0 Å². The third kappa shape index (κ3) is 3.50. The van der Waals surface area contributed by atoms with E-state index in [1.54, 1.807) is 12.1 Å². The van der Waals surface area contributed by atoms with E-state index in [1.165, 1.54) is 31.4 Å². The first-order valence-electron chi connectivity index (χ1n) is 6.29. The van der Waals surface area contributed by atoms with Gasteiger partial charge in [-0.15, -0.1) is 0 Å². The monoisotopic (exact) mass is 312 g/mol. The van der Waals surface area contributed by atoms with E-state index in [9.17, 15) is 8.78 Å². The quantitative estimate of drug-likeness (QED) is 0.657. The highest BCUT2D eigenvalue weighted by atomic mass is 35.5. The molecule has 0 saturated carbocycles. The third-order valence-corrected chi connectivity index (χ3v) is 3.58. The van der Waals surface area contributed by atoms with Crippen LogP contribution in [0.5, 0.6) is 5.75 Å². The van der Waals surface area contributed by atoms with E-state index in [1.807, 2.05) is 0 Å². The van der Waals surface area contributed by atoms with Gasteiger partial charge in [-0.1, -0.05) is 17.7 Å². The van der Waals surface area contributed by atoms with Gasteiger partial charge in [0.2, 0.25) is 0 Å². The molecule has 0 aliphatic rings. The van der Waals surface area contributed by atoms with Gasteiger partial charge in [-0.2, -0.15) is 0 Å². The maximum atomic E-state index is 14.1. The van der Waals surface area contributed by atoms with E-state index in [2.05, 4.69) is 5.43 Å². The van der Waals surface area contributed by atoms with Gasteiger partial charge in [0, 0.05) is 10.6 Å². The molecule has 112 valence electrons. The van der Waals surface area contributed by atoms with Gasteiger partial charge in [0.1, 0.15) is 17.4 Å². The number of nitrogens with two attached hydrogens (primary N) is 1. The number of ether oxygens (including phenoxy) is 1. The Labute approximate surface area is 126 Å². The molecule has 1 unspecified atom stereocenters. The van der Waals surface area contributed by atoms with Crippen LogP contribution in [-0.4, -0.2) is 7.11 Å². The SMILES string of the molecule is COc1cccc(F)c1C(Cc1cc(F)ccc1Cl)NN. The molecule has 0 heterocycles. The summed E-state index contributed by atoms with van der Waals surface area (Å²) in [4.78, 5) is 0. The van der Waals surface area contributed by atoms with Crippen molar-refractivity contribution in [3.63, 3.8) is 0 Å². The molecule has 0 saturated heterocycles. The van der Waals surface area contributed by atoms with Crippen molar-refractivity contribution in [1.82, 2.24) is 5.43 Å². The lowest BCUT2D eigenvalue weighted by atomic mass is 9.98. The zero-order valence-electron chi connectivity index (χ0n) is 11.4. The van der Waals surface area contributed by atoms with Crippen LogP contribution >= 0.6 is 11.6 Å². The summed E-state index contributed by atoms with van der Waals surface area (Å²) in [6, 6.07) is 7.92. The molecule has 0 radical (unpaired) electrons. The molecule has 0 fully saturated rings. The fourth-order valence-corrected chi connectivity index (χ4v) is 2.39. The van der Waals surface area contributed by atoms with E-state index < -0.39 is 17.7 Å². The molecule has 2 aromatic rings. The van der Waals surface area contributed by atoms with Gasteiger partial charge < -0.3 is 4.74 Å². The van der Waals surface area contributed by atoms with Crippen LogP contribution in [-0.2, 0) is 6.42 Å². The summed E-state index contributed by atoms with van der Waals surface area (Å²) in [5.74, 6) is 5.03. The molecule has 2 aromatic carbocycles. The second-order valence-corrected chi connectivity index (χ2v) is 4.92. The van der Waals surface area contributed by atoms with Crippen molar-refractivity contribution in [3.8, 4) is 5.75 Å². The smallest absolute Gasteiger partial charge is 0.131 e. The molecule has 3 N–H and O–H groups in total. The number of rotatable bonds is 5. The van der Waals surface area contributed by atoms with Crippen molar-refractivity contribution in [1.29, 1.82) is 0 Å². The standard InChI is InChI=1S/C15H15ClF2N2O/c1-21-14-4-2-3-12(18)15(14)13(20-19)8-9-7-10(17)5-6-11(9)16/h2-7,13,20H,8,19H2,1H3. The number of nitrogens with one attached hydrogen (secondary N) is 1.